The van der Waals surface area contributed by atoms with Gasteiger partial charge in [-0.1, -0.05) is 17.7 Å². The van der Waals surface area contributed by atoms with E-state index < -0.39 is 17.7 Å². The summed E-state index contributed by atoms with van der Waals surface area (Å²) in [5.74, 6) is -1.01. The van der Waals surface area contributed by atoms with E-state index in [1.54, 1.807) is 12.3 Å². The highest BCUT2D eigenvalue weighted by Gasteiger charge is 2.30. The topological polar surface area (TPSA) is 68.0 Å². The lowest BCUT2D eigenvalue weighted by Gasteiger charge is -2.09. The fourth-order valence-electron chi connectivity index (χ4n) is 2.21. The SMILES string of the molecule is O=C(O)CSc1cc(-n2ccc3ccc(C(F)(F)F)cc32)nnc1Cl. The fourth-order valence-corrected chi connectivity index (χ4v) is 3.10. The number of thioether (sulfide) groups is 1. The lowest BCUT2D eigenvalue weighted by atomic mass is 10.1. The number of nitrogens with zero attached hydrogens (tertiary/aromatic N) is 3. The molecule has 0 amide bonds. The molecule has 0 atom stereocenters. The van der Waals surface area contributed by atoms with Crippen LogP contribution in [0.4, 0.5) is 13.2 Å². The Balaban J connectivity index is 2.07. The van der Waals surface area contributed by atoms with Crippen molar-refractivity contribution in [3.05, 3.63) is 47.2 Å². The minimum atomic E-state index is -4.46. The van der Waals surface area contributed by atoms with Gasteiger partial charge in [-0.25, -0.2) is 0 Å². The number of hydrogen-bond donors (Lipinski definition) is 1. The molecule has 25 heavy (non-hydrogen) atoms. The van der Waals surface area contributed by atoms with Gasteiger partial charge in [-0.05, 0) is 24.3 Å². The summed E-state index contributed by atoms with van der Waals surface area (Å²) in [6, 6.07) is 6.54. The summed E-state index contributed by atoms with van der Waals surface area (Å²) in [4.78, 5) is 11.1. The number of fused-ring (bicyclic) bond motifs is 1. The molecule has 0 aliphatic heterocycles. The fraction of sp³-hybridized carbons (Fsp3) is 0.133. The first-order valence-corrected chi connectivity index (χ1v) is 8.18. The van der Waals surface area contributed by atoms with Gasteiger partial charge in [-0.2, -0.15) is 13.2 Å². The van der Waals surface area contributed by atoms with E-state index in [-0.39, 0.29) is 16.7 Å². The molecule has 0 radical (unpaired) electrons. The summed E-state index contributed by atoms with van der Waals surface area (Å²) >= 11 is 6.85. The molecule has 0 saturated heterocycles. The van der Waals surface area contributed by atoms with Crippen LogP contribution in [0.5, 0.6) is 0 Å². The average molecular weight is 388 g/mol. The minimum absolute atomic E-state index is 0.0300. The van der Waals surface area contributed by atoms with Crippen LogP contribution in [0.2, 0.25) is 5.15 Å². The minimum Gasteiger partial charge on any atom is -0.481 e. The number of carbonyl (C=O) groups is 1. The van der Waals surface area contributed by atoms with Crippen molar-refractivity contribution in [3.63, 3.8) is 0 Å². The maximum atomic E-state index is 12.9. The molecule has 0 spiro atoms. The molecule has 0 fully saturated rings. The zero-order valence-electron chi connectivity index (χ0n) is 12.3. The molecule has 10 heteroatoms. The first-order valence-electron chi connectivity index (χ1n) is 6.82. The number of rotatable bonds is 4. The molecular formula is C15H9ClF3N3O2S. The van der Waals surface area contributed by atoms with Crippen molar-refractivity contribution in [2.24, 2.45) is 0 Å². The molecule has 0 aliphatic carbocycles. The predicted molar refractivity (Wildman–Crippen MR) is 87.2 cm³/mol. The standard InChI is InChI=1S/C15H9ClF3N3O2S/c16-14-11(25-7-13(23)24)6-12(20-21-14)22-4-3-8-1-2-9(5-10(8)22)15(17,18)19/h1-6H,7H2,(H,23,24). The number of aliphatic carboxylic acids is 1. The highest BCUT2D eigenvalue weighted by molar-refractivity contribution is 8.00. The van der Waals surface area contributed by atoms with Gasteiger partial charge in [0, 0.05) is 11.6 Å². The second kappa shape index (κ2) is 6.57. The number of hydrogen-bond acceptors (Lipinski definition) is 4. The molecule has 130 valence electrons. The van der Waals surface area contributed by atoms with E-state index in [4.69, 9.17) is 16.7 Å². The lowest BCUT2D eigenvalue weighted by molar-refractivity contribution is -0.137. The molecule has 0 aliphatic rings. The van der Waals surface area contributed by atoms with Crippen LogP contribution < -0.4 is 0 Å². The Hall–Kier alpha value is -2.26. The third kappa shape index (κ3) is 3.72. The second-order valence-corrected chi connectivity index (χ2v) is 6.37. The van der Waals surface area contributed by atoms with Gasteiger partial charge in [0.2, 0.25) is 0 Å². The summed E-state index contributed by atoms with van der Waals surface area (Å²) in [5, 5.41) is 17.0. The smallest absolute Gasteiger partial charge is 0.416 e. The Kier molecular flexibility index (Phi) is 4.61. The van der Waals surface area contributed by atoms with Crippen molar-refractivity contribution in [2.75, 3.05) is 5.75 Å². The van der Waals surface area contributed by atoms with E-state index in [9.17, 15) is 18.0 Å². The van der Waals surface area contributed by atoms with Crippen LogP contribution in [0.1, 0.15) is 5.56 Å². The number of carboxylic acids is 1. The Morgan fingerprint density at radius 1 is 1.24 bits per heavy atom. The second-order valence-electron chi connectivity index (χ2n) is 5.00. The normalized spacial score (nSPS) is 11.8. The number of aromatic nitrogens is 3. The molecule has 0 bridgehead atoms. The molecule has 3 rings (SSSR count). The predicted octanol–water partition coefficient (Wildman–Crippen LogP) is 4.27. The van der Waals surface area contributed by atoms with Gasteiger partial charge in [0.1, 0.15) is 0 Å². The Labute approximate surface area is 148 Å². The number of halogens is 4. The van der Waals surface area contributed by atoms with E-state index in [1.165, 1.54) is 16.7 Å². The van der Waals surface area contributed by atoms with E-state index in [1.807, 2.05) is 0 Å². The lowest BCUT2D eigenvalue weighted by Crippen LogP contribution is -2.05. The quantitative estimate of drug-likeness (QED) is 0.677. The van der Waals surface area contributed by atoms with Crippen molar-refractivity contribution >= 4 is 40.2 Å². The molecule has 3 aromatic rings. The van der Waals surface area contributed by atoms with Crippen molar-refractivity contribution in [2.45, 2.75) is 11.1 Å². The molecule has 1 N–H and O–H groups in total. The molecule has 5 nitrogen and oxygen atoms in total. The van der Waals surface area contributed by atoms with Gasteiger partial charge in [-0.3, -0.25) is 9.36 Å². The van der Waals surface area contributed by atoms with Crippen molar-refractivity contribution < 1.29 is 23.1 Å². The van der Waals surface area contributed by atoms with Crippen LogP contribution >= 0.6 is 23.4 Å². The zero-order valence-corrected chi connectivity index (χ0v) is 13.9. The van der Waals surface area contributed by atoms with Gasteiger partial charge in [0.15, 0.2) is 11.0 Å². The highest BCUT2D eigenvalue weighted by Crippen LogP contribution is 2.33. The number of alkyl halides is 3. The summed E-state index contributed by atoms with van der Waals surface area (Å²) in [6.45, 7) is 0. The summed E-state index contributed by atoms with van der Waals surface area (Å²) in [6.07, 6.45) is -2.90. The van der Waals surface area contributed by atoms with Crippen molar-refractivity contribution in [1.82, 2.24) is 14.8 Å². The molecule has 0 saturated carbocycles. The van der Waals surface area contributed by atoms with Crippen LogP contribution in [0.3, 0.4) is 0 Å². The van der Waals surface area contributed by atoms with E-state index in [0.29, 0.717) is 15.8 Å². The first kappa shape index (κ1) is 17.6. The molecule has 2 aromatic heterocycles. The van der Waals surface area contributed by atoms with Gasteiger partial charge >= 0.3 is 12.1 Å². The Morgan fingerprint density at radius 3 is 2.68 bits per heavy atom. The molecule has 2 heterocycles. The molecule has 0 unspecified atom stereocenters. The van der Waals surface area contributed by atoms with Crippen LogP contribution in [-0.4, -0.2) is 31.6 Å². The molecular weight excluding hydrogens is 379 g/mol. The zero-order chi connectivity index (χ0) is 18.2. The summed E-state index contributed by atoms with van der Waals surface area (Å²) in [5.41, 5.74) is -0.469. The van der Waals surface area contributed by atoms with E-state index in [0.717, 1.165) is 23.9 Å². The Bertz CT molecular complexity index is 959. The average Bonchev–Trinajstić information content (AvgIpc) is 2.96. The Morgan fingerprint density at radius 2 is 2.00 bits per heavy atom. The van der Waals surface area contributed by atoms with E-state index >= 15 is 0 Å². The third-order valence-corrected chi connectivity index (χ3v) is 4.73. The van der Waals surface area contributed by atoms with Gasteiger partial charge in [-0.15, -0.1) is 22.0 Å². The summed E-state index contributed by atoms with van der Waals surface area (Å²) < 4.78 is 40.3. The van der Waals surface area contributed by atoms with Gasteiger partial charge in [0.25, 0.3) is 0 Å². The highest BCUT2D eigenvalue weighted by atomic mass is 35.5. The monoisotopic (exact) mass is 387 g/mol. The van der Waals surface area contributed by atoms with E-state index in [2.05, 4.69) is 10.2 Å². The van der Waals surface area contributed by atoms with Crippen molar-refractivity contribution in [1.29, 1.82) is 0 Å². The van der Waals surface area contributed by atoms with Crippen LogP contribution in [0, 0.1) is 0 Å². The largest absolute Gasteiger partial charge is 0.481 e. The maximum absolute atomic E-state index is 12.9. The van der Waals surface area contributed by atoms with Crippen LogP contribution in [0.15, 0.2) is 41.4 Å². The number of benzene rings is 1. The maximum Gasteiger partial charge on any atom is 0.416 e. The first-order chi connectivity index (χ1) is 11.8. The van der Waals surface area contributed by atoms with Crippen molar-refractivity contribution in [3.8, 4) is 5.82 Å². The summed E-state index contributed by atoms with van der Waals surface area (Å²) in [7, 11) is 0. The van der Waals surface area contributed by atoms with Crippen LogP contribution in [0.25, 0.3) is 16.7 Å². The molecule has 1 aromatic carbocycles. The number of carboxylic acid groups (broad SMARTS) is 1. The third-order valence-electron chi connectivity index (χ3n) is 3.32. The van der Waals surface area contributed by atoms with Gasteiger partial charge < -0.3 is 5.11 Å². The van der Waals surface area contributed by atoms with Gasteiger partial charge in [0.05, 0.1) is 21.7 Å². The van der Waals surface area contributed by atoms with Crippen LogP contribution in [-0.2, 0) is 11.0 Å².